The van der Waals surface area contributed by atoms with Gasteiger partial charge >= 0.3 is 6.09 Å². The van der Waals surface area contributed by atoms with Crippen LogP contribution in [0, 0.1) is 0 Å². The van der Waals surface area contributed by atoms with E-state index in [1.807, 2.05) is 32.6 Å². The van der Waals surface area contributed by atoms with Crippen LogP contribution in [0.5, 0.6) is 11.5 Å². The van der Waals surface area contributed by atoms with Gasteiger partial charge in [-0.25, -0.2) is 19.7 Å². The summed E-state index contributed by atoms with van der Waals surface area (Å²) in [5.74, 6) is 1.57. The fourth-order valence-corrected chi connectivity index (χ4v) is 5.50. The summed E-state index contributed by atoms with van der Waals surface area (Å²) in [5, 5.41) is 39.6. The molecule has 0 aliphatic heterocycles. The Morgan fingerprint density at radius 1 is 0.698 bits per heavy atom. The minimum Gasteiger partial charge on any atom is -0.508 e. The van der Waals surface area contributed by atoms with E-state index in [4.69, 9.17) is 4.74 Å². The van der Waals surface area contributed by atoms with Gasteiger partial charge in [0.25, 0.3) is 0 Å². The molecule has 0 radical (unpaired) electrons. The van der Waals surface area contributed by atoms with E-state index in [-0.39, 0.29) is 11.5 Å². The number of carbonyl (C=O) groups excluding carboxylic acids is 1. The highest BCUT2D eigenvalue weighted by Crippen LogP contribution is 2.32. The highest BCUT2D eigenvalue weighted by Gasteiger charge is 2.28. The third-order valence-corrected chi connectivity index (χ3v) is 7.87. The number of ether oxygens (including phenoxy) is 1. The van der Waals surface area contributed by atoms with Gasteiger partial charge in [0.1, 0.15) is 28.7 Å². The minimum atomic E-state index is -0.691. The number of rotatable bonds is 6. The van der Waals surface area contributed by atoms with Gasteiger partial charge in [-0.15, -0.1) is 0 Å². The minimum absolute atomic E-state index is 0.0979. The Hall–Kier alpha value is -7.23. The molecule has 1 amide bonds. The topological polar surface area (TPSA) is 178 Å². The Morgan fingerprint density at radius 3 is 1.77 bits per heavy atom. The van der Waals surface area contributed by atoms with Crippen molar-refractivity contribution in [3.05, 3.63) is 110 Å². The maximum atomic E-state index is 13.1. The number of nitrogens with one attached hydrogen (secondary N) is 1. The van der Waals surface area contributed by atoms with Gasteiger partial charge in [0.15, 0.2) is 11.3 Å². The maximum Gasteiger partial charge on any atom is 0.420 e. The first-order chi connectivity index (χ1) is 25.4. The summed E-state index contributed by atoms with van der Waals surface area (Å²) in [4.78, 5) is 23.4. The van der Waals surface area contributed by atoms with E-state index >= 15 is 0 Å². The van der Waals surface area contributed by atoms with Crippen LogP contribution in [-0.4, -0.2) is 70.7 Å². The molecule has 0 spiro atoms. The monoisotopic (exact) mass is 712 g/mol. The van der Waals surface area contributed by atoms with Crippen LogP contribution in [0.4, 0.5) is 27.8 Å². The van der Waals surface area contributed by atoms with Crippen LogP contribution in [0.15, 0.2) is 110 Å². The Kier molecular flexibility index (Phi) is 8.93. The van der Waals surface area contributed by atoms with Crippen LogP contribution in [0.1, 0.15) is 20.8 Å². The van der Waals surface area contributed by atoms with Crippen molar-refractivity contribution in [2.24, 2.45) is 14.1 Å². The lowest BCUT2D eigenvalue weighted by Gasteiger charge is -2.27. The summed E-state index contributed by atoms with van der Waals surface area (Å²) in [6.07, 6.45) is 13.6. The van der Waals surface area contributed by atoms with E-state index < -0.39 is 11.7 Å². The Morgan fingerprint density at radius 2 is 1.23 bits per heavy atom. The lowest BCUT2D eigenvalue weighted by molar-refractivity contribution is 0.0597. The molecule has 16 heteroatoms. The summed E-state index contributed by atoms with van der Waals surface area (Å²) in [7, 11) is 3.71. The normalized spacial score (nSPS) is 11.3. The zero-order valence-electron chi connectivity index (χ0n) is 29.5. The number of phenolic OH excluding ortho intramolecular Hbond substituents is 2. The number of fused-ring (bicyclic) bond motifs is 2. The molecule has 0 aliphatic carbocycles. The first-order valence-electron chi connectivity index (χ1n) is 16.5. The van der Waals surface area contributed by atoms with Crippen molar-refractivity contribution >= 4 is 40.4 Å². The number of benzene rings is 2. The highest BCUT2D eigenvalue weighted by molar-refractivity contribution is 5.96. The predicted molar refractivity (Wildman–Crippen MR) is 198 cm³/mol. The van der Waals surface area contributed by atoms with Crippen LogP contribution in [0.25, 0.3) is 33.5 Å². The third kappa shape index (κ3) is 7.32. The fraction of sp³-hybridized carbons (Fsp3) is 0.162. The lowest BCUT2D eigenvalue weighted by Crippen LogP contribution is -2.34. The van der Waals surface area contributed by atoms with Crippen LogP contribution in [0.3, 0.4) is 0 Å². The van der Waals surface area contributed by atoms with E-state index in [2.05, 4.69) is 35.7 Å². The molecule has 16 nitrogen and oxygen atoms in total. The van der Waals surface area contributed by atoms with Crippen LogP contribution >= 0.6 is 0 Å². The molecule has 6 aromatic heterocycles. The van der Waals surface area contributed by atoms with Crippen molar-refractivity contribution in [3.63, 3.8) is 0 Å². The Bertz CT molecular complexity index is 2530. The summed E-state index contributed by atoms with van der Waals surface area (Å²) >= 11 is 0. The molecule has 53 heavy (non-hydrogen) atoms. The van der Waals surface area contributed by atoms with Gasteiger partial charge in [0.2, 0.25) is 0 Å². The van der Waals surface area contributed by atoms with Crippen molar-refractivity contribution < 1.29 is 19.7 Å². The van der Waals surface area contributed by atoms with Crippen molar-refractivity contribution in [2.45, 2.75) is 26.4 Å². The van der Waals surface area contributed by atoms with Gasteiger partial charge in [-0.3, -0.25) is 9.36 Å². The average molecular weight is 713 g/mol. The molecule has 0 atom stereocenters. The molecule has 0 saturated carbocycles. The van der Waals surface area contributed by atoms with E-state index in [1.165, 1.54) is 17.0 Å². The molecule has 3 N–H and O–H groups in total. The van der Waals surface area contributed by atoms with Crippen LogP contribution in [0.2, 0.25) is 0 Å². The number of phenols is 2. The number of anilines is 4. The van der Waals surface area contributed by atoms with Gasteiger partial charge in [-0.2, -0.15) is 29.4 Å². The molecule has 2 aromatic carbocycles. The Labute approximate surface area is 303 Å². The first kappa shape index (κ1) is 34.2. The number of carbonyl (C=O) groups is 1. The maximum absolute atomic E-state index is 13.1. The molecular formula is C37H36N12O4. The second kappa shape index (κ2) is 13.8. The van der Waals surface area contributed by atoms with Crippen molar-refractivity contribution in [1.29, 1.82) is 0 Å². The molecule has 6 heterocycles. The lowest BCUT2D eigenvalue weighted by atomic mass is 10.2. The average Bonchev–Trinajstić information content (AvgIpc) is 3.93. The largest absolute Gasteiger partial charge is 0.508 e. The molecule has 0 fully saturated rings. The molecule has 8 aromatic rings. The molecule has 0 saturated heterocycles. The zero-order chi connectivity index (χ0) is 37.3. The van der Waals surface area contributed by atoms with Gasteiger partial charge in [-0.05, 0) is 75.4 Å². The number of aromatic hydroxyl groups is 2. The van der Waals surface area contributed by atoms with E-state index in [9.17, 15) is 15.0 Å². The number of amides is 1. The Balaban J connectivity index is 0.000000170. The molecule has 0 aliphatic rings. The molecule has 0 bridgehead atoms. The zero-order valence-corrected chi connectivity index (χ0v) is 29.5. The predicted octanol–water partition coefficient (Wildman–Crippen LogP) is 6.49. The van der Waals surface area contributed by atoms with Crippen molar-refractivity contribution in [1.82, 2.24) is 48.8 Å². The number of aromatic nitrogens is 10. The third-order valence-electron chi connectivity index (χ3n) is 7.87. The standard InChI is InChI=1S/C21H22N6O3.C16H14N6O/c1-21(2,3)30-20(29)26(15-5-7-16(28)8-6-15)18-9-10-22-19-17(12-24-27(18)19)14-11-23-25(4)13-14;1-21-10-11(8-18-21)14-9-19-22-15(6-7-17-16(14)22)20-12-2-4-13(23)5-3-12/h5-13,28H,1-4H3;2-10,20,23H,1H3. The quantitative estimate of drug-likeness (QED) is 0.161. The van der Waals surface area contributed by atoms with E-state index in [0.29, 0.717) is 17.2 Å². The van der Waals surface area contributed by atoms with Gasteiger partial charge in [0.05, 0.1) is 30.5 Å². The van der Waals surface area contributed by atoms with Crippen molar-refractivity contribution in [2.75, 3.05) is 10.2 Å². The molecule has 268 valence electrons. The van der Waals surface area contributed by atoms with E-state index in [0.717, 1.165) is 39.4 Å². The first-order valence-corrected chi connectivity index (χ1v) is 16.5. The molecular weight excluding hydrogens is 676 g/mol. The summed E-state index contributed by atoms with van der Waals surface area (Å²) in [6.45, 7) is 5.41. The smallest absolute Gasteiger partial charge is 0.420 e. The van der Waals surface area contributed by atoms with E-state index in [1.54, 1.807) is 119 Å². The number of aryl methyl sites for hydroxylation is 2. The fourth-order valence-electron chi connectivity index (χ4n) is 5.50. The molecule has 0 unspecified atom stereocenters. The second-order valence-corrected chi connectivity index (χ2v) is 13.0. The van der Waals surface area contributed by atoms with Gasteiger partial charge in [-0.1, -0.05) is 0 Å². The van der Waals surface area contributed by atoms with Crippen LogP contribution < -0.4 is 10.2 Å². The van der Waals surface area contributed by atoms with Crippen molar-refractivity contribution in [3.8, 4) is 33.8 Å². The summed E-state index contributed by atoms with van der Waals surface area (Å²) in [5.41, 5.74) is 5.56. The number of nitrogens with zero attached hydrogens (tertiary/aromatic N) is 11. The number of hydrogen-bond donors (Lipinski definition) is 3. The SMILES string of the molecule is Cn1cc(-c2cnn3c(N(C(=O)OC(C)(C)C)c4ccc(O)cc4)ccnc23)cn1.Cn1cc(-c2cnn3c(Nc4ccc(O)cc4)ccnc23)cn1. The summed E-state index contributed by atoms with van der Waals surface area (Å²) in [6, 6.07) is 16.7. The highest BCUT2D eigenvalue weighted by atomic mass is 16.6. The van der Waals surface area contributed by atoms with Crippen LogP contribution in [-0.2, 0) is 18.8 Å². The van der Waals surface area contributed by atoms with Gasteiger partial charge in [0, 0.05) is 72.9 Å². The second-order valence-electron chi connectivity index (χ2n) is 13.0. The number of hydrogen-bond acceptors (Lipinski definition) is 11. The molecule has 8 rings (SSSR count). The summed E-state index contributed by atoms with van der Waals surface area (Å²) < 4.78 is 12.4. The van der Waals surface area contributed by atoms with Gasteiger partial charge < -0.3 is 20.3 Å².